The number of methoxy groups -OCH3 is 1. The molecule has 2 aliphatic rings. The minimum atomic E-state index is 0.406. The van der Waals surface area contributed by atoms with Crippen molar-refractivity contribution in [2.24, 2.45) is 0 Å². The number of likely N-dealkylation sites (tertiary alicyclic amines) is 1. The first kappa shape index (κ1) is 10.1. The number of carbonyl (C=O) groups excluding carboxylic acids is 1. The van der Waals surface area contributed by atoms with Crippen molar-refractivity contribution in [2.75, 3.05) is 20.2 Å². The summed E-state index contributed by atoms with van der Waals surface area (Å²) >= 11 is 0. The summed E-state index contributed by atoms with van der Waals surface area (Å²) in [5, 5.41) is 0. The van der Waals surface area contributed by atoms with Crippen molar-refractivity contribution in [3.8, 4) is 0 Å². The fourth-order valence-corrected chi connectivity index (χ4v) is 2.70. The van der Waals surface area contributed by atoms with Crippen molar-refractivity contribution in [1.29, 1.82) is 0 Å². The molecule has 2 rings (SSSR count). The summed E-state index contributed by atoms with van der Waals surface area (Å²) in [4.78, 5) is 13.6. The molecule has 1 saturated carbocycles. The van der Waals surface area contributed by atoms with Gasteiger partial charge in [0.25, 0.3) is 0 Å². The van der Waals surface area contributed by atoms with Gasteiger partial charge < -0.3 is 4.74 Å². The Morgan fingerprint density at radius 3 is 2.64 bits per heavy atom. The van der Waals surface area contributed by atoms with Crippen LogP contribution in [0, 0.1) is 0 Å². The van der Waals surface area contributed by atoms with E-state index in [1.807, 2.05) is 0 Å². The molecule has 1 heterocycles. The van der Waals surface area contributed by atoms with Gasteiger partial charge in [-0.1, -0.05) is 0 Å². The van der Waals surface area contributed by atoms with Crippen LogP contribution in [0.4, 0.5) is 0 Å². The first-order valence-corrected chi connectivity index (χ1v) is 5.60. The third kappa shape index (κ3) is 1.98. The minimum absolute atomic E-state index is 0.406. The Labute approximate surface area is 85.4 Å². The van der Waals surface area contributed by atoms with Gasteiger partial charge in [-0.15, -0.1) is 0 Å². The van der Waals surface area contributed by atoms with Crippen LogP contribution < -0.4 is 0 Å². The van der Waals surface area contributed by atoms with Crippen LogP contribution in [0.2, 0.25) is 0 Å². The zero-order valence-corrected chi connectivity index (χ0v) is 8.87. The van der Waals surface area contributed by atoms with Gasteiger partial charge in [0, 0.05) is 39.1 Å². The van der Waals surface area contributed by atoms with Gasteiger partial charge in [-0.2, -0.15) is 0 Å². The van der Waals surface area contributed by atoms with Crippen molar-refractivity contribution in [3.05, 3.63) is 0 Å². The van der Waals surface area contributed by atoms with Crippen molar-refractivity contribution in [3.63, 3.8) is 0 Å². The summed E-state index contributed by atoms with van der Waals surface area (Å²) < 4.78 is 5.48. The van der Waals surface area contributed by atoms with Gasteiger partial charge in [-0.3, -0.25) is 9.69 Å². The molecule has 0 bridgehead atoms. The molecule has 0 amide bonds. The molecule has 2 unspecified atom stereocenters. The Balaban J connectivity index is 1.91. The van der Waals surface area contributed by atoms with E-state index in [-0.39, 0.29) is 0 Å². The zero-order valence-electron chi connectivity index (χ0n) is 8.87. The van der Waals surface area contributed by atoms with Crippen molar-refractivity contribution in [1.82, 2.24) is 4.90 Å². The number of Topliss-reactive ketones (excluding diaryl/α,β-unsaturated/α-hetero) is 1. The SMILES string of the molecule is COC1CCCC1N1CCC(=O)CC1. The Morgan fingerprint density at radius 1 is 1.29 bits per heavy atom. The smallest absolute Gasteiger partial charge is 0.135 e. The molecule has 80 valence electrons. The molecule has 1 aliphatic heterocycles. The van der Waals surface area contributed by atoms with Crippen LogP contribution in [0.25, 0.3) is 0 Å². The second-order valence-electron chi connectivity index (χ2n) is 4.35. The normalized spacial score (nSPS) is 35.1. The monoisotopic (exact) mass is 197 g/mol. The van der Waals surface area contributed by atoms with Gasteiger partial charge in [0.2, 0.25) is 0 Å². The molecule has 0 aromatic heterocycles. The lowest BCUT2D eigenvalue weighted by Gasteiger charge is -2.34. The predicted octanol–water partition coefficient (Wildman–Crippen LogP) is 1.22. The molecule has 14 heavy (non-hydrogen) atoms. The topological polar surface area (TPSA) is 29.5 Å². The molecular formula is C11H19NO2. The Morgan fingerprint density at radius 2 is 2.00 bits per heavy atom. The van der Waals surface area contributed by atoms with Crippen molar-refractivity contribution >= 4 is 5.78 Å². The molecule has 0 radical (unpaired) electrons. The van der Waals surface area contributed by atoms with Gasteiger partial charge in [-0.05, 0) is 19.3 Å². The molecule has 1 saturated heterocycles. The molecule has 1 aliphatic carbocycles. The molecular weight excluding hydrogens is 178 g/mol. The van der Waals surface area contributed by atoms with Crippen molar-refractivity contribution < 1.29 is 9.53 Å². The molecule has 0 aromatic rings. The Bertz CT molecular complexity index is 207. The number of ether oxygens (including phenoxy) is 1. The summed E-state index contributed by atoms with van der Waals surface area (Å²) in [5.74, 6) is 0.424. The third-order valence-electron chi connectivity index (χ3n) is 3.55. The predicted molar refractivity (Wildman–Crippen MR) is 54.3 cm³/mol. The fraction of sp³-hybridized carbons (Fsp3) is 0.909. The van der Waals surface area contributed by atoms with Crippen LogP contribution in [0.3, 0.4) is 0 Å². The van der Waals surface area contributed by atoms with Gasteiger partial charge in [-0.25, -0.2) is 0 Å². The Kier molecular flexibility index (Phi) is 3.19. The first-order valence-electron chi connectivity index (χ1n) is 5.60. The Hall–Kier alpha value is -0.410. The maximum Gasteiger partial charge on any atom is 0.135 e. The van der Waals surface area contributed by atoms with E-state index in [4.69, 9.17) is 4.74 Å². The molecule has 0 N–H and O–H groups in total. The van der Waals surface area contributed by atoms with E-state index in [2.05, 4.69) is 4.90 Å². The van der Waals surface area contributed by atoms with Crippen LogP contribution in [0.5, 0.6) is 0 Å². The number of ketones is 1. The highest BCUT2D eigenvalue weighted by Crippen LogP contribution is 2.27. The van der Waals surface area contributed by atoms with E-state index < -0.39 is 0 Å². The molecule has 2 fully saturated rings. The van der Waals surface area contributed by atoms with E-state index in [0.29, 0.717) is 17.9 Å². The average molecular weight is 197 g/mol. The second-order valence-corrected chi connectivity index (χ2v) is 4.35. The number of hydrogen-bond acceptors (Lipinski definition) is 3. The van der Waals surface area contributed by atoms with Crippen LogP contribution in [0.1, 0.15) is 32.1 Å². The van der Waals surface area contributed by atoms with E-state index in [0.717, 1.165) is 25.9 Å². The summed E-state index contributed by atoms with van der Waals surface area (Å²) in [6.45, 7) is 1.90. The zero-order chi connectivity index (χ0) is 9.97. The van der Waals surface area contributed by atoms with Crippen LogP contribution in [-0.4, -0.2) is 43.0 Å². The lowest BCUT2D eigenvalue weighted by atomic mass is 10.1. The number of hydrogen-bond donors (Lipinski definition) is 0. The van der Waals surface area contributed by atoms with Gasteiger partial charge in [0.15, 0.2) is 0 Å². The van der Waals surface area contributed by atoms with E-state index in [1.165, 1.54) is 19.3 Å². The van der Waals surface area contributed by atoms with Gasteiger partial charge >= 0.3 is 0 Å². The number of piperidine rings is 1. The number of rotatable bonds is 2. The molecule has 0 spiro atoms. The third-order valence-corrected chi connectivity index (χ3v) is 3.55. The van der Waals surface area contributed by atoms with E-state index >= 15 is 0 Å². The molecule has 3 heteroatoms. The highest BCUT2D eigenvalue weighted by molar-refractivity contribution is 5.79. The highest BCUT2D eigenvalue weighted by atomic mass is 16.5. The van der Waals surface area contributed by atoms with E-state index in [9.17, 15) is 4.79 Å². The minimum Gasteiger partial charge on any atom is -0.380 e. The number of carbonyl (C=O) groups is 1. The summed E-state index contributed by atoms with van der Waals surface area (Å²) in [6, 6.07) is 0.577. The fourth-order valence-electron chi connectivity index (χ4n) is 2.70. The van der Waals surface area contributed by atoms with Gasteiger partial charge in [0.1, 0.15) is 5.78 Å². The van der Waals surface area contributed by atoms with Gasteiger partial charge in [0.05, 0.1) is 6.10 Å². The molecule has 2 atom stereocenters. The van der Waals surface area contributed by atoms with Crippen LogP contribution >= 0.6 is 0 Å². The standard InChI is InChI=1S/C11H19NO2/c1-14-11-4-2-3-10(11)12-7-5-9(13)6-8-12/h10-11H,2-8H2,1H3. The molecule has 0 aromatic carbocycles. The largest absolute Gasteiger partial charge is 0.380 e. The average Bonchev–Trinajstić information content (AvgIpc) is 2.67. The lowest BCUT2D eigenvalue weighted by molar-refractivity contribution is -0.122. The maximum atomic E-state index is 11.1. The van der Waals surface area contributed by atoms with Crippen LogP contribution in [-0.2, 0) is 9.53 Å². The summed E-state index contributed by atoms with van der Waals surface area (Å²) in [5.41, 5.74) is 0. The maximum absolute atomic E-state index is 11.1. The van der Waals surface area contributed by atoms with Crippen molar-refractivity contribution in [2.45, 2.75) is 44.2 Å². The van der Waals surface area contributed by atoms with E-state index in [1.54, 1.807) is 7.11 Å². The number of nitrogens with zero attached hydrogens (tertiary/aromatic N) is 1. The molecule has 3 nitrogen and oxygen atoms in total. The second kappa shape index (κ2) is 4.41. The first-order chi connectivity index (χ1) is 6.81. The summed E-state index contributed by atoms with van der Waals surface area (Å²) in [6.07, 6.45) is 5.59. The summed E-state index contributed by atoms with van der Waals surface area (Å²) in [7, 11) is 1.80. The quantitative estimate of drug-likeness (QED) is 0.666. The highest BCUT2D eigenvalue weighted by Gasteiger charge is 2.33. The lowest BCUT2D eigenvalue weighted by Crippen LogP contribution is -2.45. The van der Waals surface area contributed by atoms with Crippen LogP contribution in [0.15, 0.2) is 0 Å².